The number of fused-ring (bicyclic) bond motifs is 1. The maximum atomic E-state index is 11.9. The van der Waals surface area contributed by atoms with Crippen LogP contribution in [-0.4, -0.2) is 18.9 Å². The molecule has 16 heavy (non-hydrogen) atoms. The van der Waals surface area contributed by atoms with E-state index >= 15 is 0 Å². The van der Waals surface area contributed by atoms with Crippen LogP contribution in [0.2, 0.25) is 0 Å². The molecule has 0 saturated heterocycles. The minimum atomic E-state index is 0.134. The zero-order valence-corrected chi connectivity index (χ0v) is 9.72. The normalized spacial score (nSPS) is 10.5. The Kier molecular flexibility index (Phi) is 3.49. The van der Waals surface area contributed by atoms with Gasteiger partial charge in [0.1, 0.15) is 0 Å². The van der Waals surface area contributed by atoms with Gasteiger partial charge in [-0.3, -0.25) is 4.79 Å². The highest BCUT2D eigenvalue weighted by atomic mass is 32.1. The lowest BCUT2D eigenvalue weighted by molar-refractivity contribution is 0.0994. The number of hydrogen-bond acceptors (Lipinski definition) is 3. The number of hydrogen-bond donors (Lipinski definition) is 1. The third kappa shape index (κ3) is 2.21. The van der Waals surface area contributed by atoms with Crippen LogP contribution in [0.4, 0.5) is 0 Å². The molecule has 0 aliphatic heterocycles. The number of ketones is 1. The van der Waals surface area contributed by atoms with Crippen LogP contribution in [0, 0.1) is 0 Å². The van der Waals surface area contributed by atoms with Crippen molar-refractivity contribution in [3.63, 3.8) is 0 Å². The topological polar surface area (TPSA) is 29.1 Å². The van der Waals surface area contributed by atoms with E-state index in [-0.39, 0.29) is 5.78 Å². The molecule has 1 aromatic heterocycles. The van der Waals surface area contributed by atoms with E-state index < -0.39 is 0 Å². The molecule has 0 aliphatic rings. The van der Waals surface area contributed by atoms with Gasteiger partial charge in [0.2, 0.25) is 0 Å². The molecule has 0 atom stereocenters. The average molecular weight is 231 g/mol. The van der Waals surface area contributed by atoms with Gasteiger partial charge in [-0.15, -0.1) is 17.9 Å². The highest BCUT2D eigenvalue weighted by Gasteiger charge is 2.09. The van der Waals surface area contributed by atoms with E-state index in [2.05, 4.69) is 11.9 Å². The number of nitrogens with one attached hydrogen (secondary N) is 1. The Morgan fingerprint density at radius 1 is 1.44 bits per heavy atom. The fraction of sp³-hybridized carbons (Fsp3) is 0.154. The molecule has 0 amide bonds. The Balaban J connectivity index is 2.22. The molecular weight excluding hydrogens is 218 g/mol. The second-order valence-electron chi connectivity index (χ2n) is 3.49. The van der Waals surface area contributed by atoms with E-state index in [1.807, 2.05) is 29.6 Å². The summed E-state index contributed by atoms with van der Waals surface area (Å²) in [5.74, 6) is 0.134. The van der Waals surface area contributed by atoms with Crippen LogP contribution in [0.5, 0.6) is 0 Å². The summed E-state index contributed by atoms with van der Waals surface area (Å²) in [6, 6.07) is 7.88. The summed E-state index contributed by atoms with van der Waals surface area (Å²) in [6.07, 6.45) is 1.75. The largest absolute Gasteiger partial charge is 0.306 e. The van der Waals surface area contributed by atoms with E-state index in [4.69, 9.17) is 0 Å². The van der Waals surface area contributed by atoms with Crippen LogP contribution in [0.15, 0.2) is 42.3 Å². The standard InChI is InChI=1S/C13H13NOS/c1-2-7-14-9-12(15)11-5-3-4-10-6-8-16-13(10)11/h2-6,8,14H,1,7,9H2. The van der Waals surface area contributed by atoms with Gasteiger partial charge >= 0.3 is 0 Å². The van der Waals surface area contributed by atoms with Gasteiger partial charge in [-0.1, -0.05) is 18.2 Å². The molecule has 1 aromatic carbocycles. The van der Waals surface area contributed by atoms with Gasteiger partial charge < -0.3 is 5.32 Å². The summed E-state index contributed by atoms with van der Waals surface area (Å²) < 4.78 is 1.08. The maximum absolute atomic E-state index is 11.9. The van der Waals surface area contributed by atoms with Gasteiger partial charge in [0.25, 0.3) is 0 Å². The van der Waals surface area contributed by atoms with E-state index in [1.165, 1.54) is 0 Å². The van der Waals surface area contributed by atoms with Crippen molar-refractivity contribution >= 4 is 27.2 Å². The quantitative estimate of drug-likeness (QED) is 0.487. The number of thiophene rings is 1. The van der Waals surface area contributed by atoms with Crippen molar-refractivity contribution < 1.29 is 4.79 Å². The van der Waals surface area contributed by atoms with Crippen LogP contribution in [-0.2, 0) is 0 Å². The van der Waals surface area contributed by atoms with E-state index in [0.717, 1.165) is 15.6 Å². The predicted molar refractivity (Wildman–Crippen MR) is 69.2 cm³/mol. The number of carbonyl (C=O) groups is 1. The predicted octanol–water partition coefficient (Wildman–Crippen LogP) is 2.86. The number of rotatable bonds is 5. The van der Waals surface area contributed by atoms with Crippen LogP contribution < -0.4 is 5.32 Å². The number of Topliss-reactive ketones (excluding diaryl/α,β-unsaturated/α-hetero) is 1. The lowest BCUT2D eigenvalue weighted by atomic mass is 10.1. The third-order valence-corrected chi connectivity index (χ3v) is 3.32. The van der Waals surface area contributed by atoms with E-state index in [9.17, 15) is 4.79 Å². The van der Waals surface area contributed by atoms with Crippen LogP contribution in [0.3, 0.4) is 0 Å². The molecule has 0 fully saturated rings. The molecule has 2 nitrogen and oxygen atoms in total. The second kappa shape index (κ2) is 5.05. The SMILES string of the molecule is C=CCNCC(=O)c1cccc2ccsc12. The van der Waals surface area contributed by atoms with Crippen LogP contribution >= 0.6 is 11.3 Å². The Labute approximate surface area is 98.6 Å². The molecule has 82 valence electrons. The monoisotopic (exact) mass is 231 g/mol. The van der Waals surface area contributed by atoms with Crippen molar-refractivity contribution in [2.45, 2.75) is 0 Å². The first-order chi connectivity index (χ1) is 7.83. The molecule has 1 heterocycles. The Bertz CT molecular complexity index is 515. The molecule has 0 saturated carbocycles. The summed E-state index contributed by atoms with van der Waals surface area (Å²) in [7, 11) is 0. The average Bonchev–Trinajstić information content (AvgIpc) is 2.76. The summed E-state index contributed by atoms with van der Waals surface area (Å²) >= 11 is 1.61. The van der Waals surface area contributed by atoms with Gasteiger partial charge in [-0.2, -0.15) is 0 Å². The molecule has 0 unspecified atom stereocenters. The van der Waals surface area contributed by atoms with Crippen LogP contribution in [0.25, 0.3) is 10.1 Å². The lowest BCUT2D eigenvalue weighted by Gasteiger charge is -2.02. The molecule has 0 aliphatic carbocycles. The first kappa shape index (κ1) is 11.0. The second-order valence-corrected chi connectivity index (χ2v) is 4.40. The van der Waals surface area contributed by atoms with Crippen molar-refractivity contribution in [1.29, 1.82) is 0 Å². The lowest BCUT2D eigenvalue weighted by Crippen LogP contribution is -2.22. The van der Waals surface area contributed by atoms with Crippen molar-refractivity contribution in [1.82, 2.24) is 5.32 Å². The maximum Gasteiger partial charge on any atom is 0.178 e. The molecule has 0 radical (unpaired) electrons. The van der Waals surface area contributed by atoms with Crippen LogP contribution in [0.1, 0.15) is 10.4 Å². The van der Waals surface area contributed by atoms with E-state index in [1.54, 1.807) is 17.4 Å². The fourth-order valence-corrected chi connectivity index (χ4v) is 2.53. The minimum absolute atomic E-state index is 0.134. The third-order valence-electron chi connectivity index (χ3n) is 2.35. The number of carbonyl (C=O) groups excluding carboxylic acids is 1. The first-order valence-electron chi connectivity index (χ1n) is 5.14. The van der Waals surface area contributed by atoms with Gasteiger partial charge in [-0.25, -0.2) is 0 Å². The summed E-state index contributed by atoms with van der Waals surface area (Å²) in [5, 5.41) is 6.18. The van der Waals surface area contributed by atoms with Crippen molar-refractivity contribution in [3.8, 4) is 0 Å². The van der Waals surface area contributed by atoms with Crippen molar-refractivity contribution in [2.24, 2.45) is 0 Å². The first-order valence-corrected chi connectivity index (χ1v) is 6.02. The number of benzene rings is 1. The zero-order chi connectivity index (χ0) is 11.4. The molecule has 0 bridgehead atoms. The summed E-state index contributed by atoms with van der Waals surface area (Å²) in [5.41, 5.74) is 0.809. The van der Waals surface area contributed by atoms with Crippen molar-refractivity contribution in [3.05, 3.63) is 47.9 Å². The fourth-order valence-electron chi connectivity index (χ4n) is 1.60. The smallest absolute Gasteiger partial charge is 0.178 e. The Morgan fingerprint density at radius 3 is 3.12 bits per heavy atom. The molecule has 1 N–H and O–H groups in total. The Morgan fingerprint density at radius 2 is 2.31 bits per heavy atom. The highest BCUT2D eigenvalue weighted by molar-refractivity contribution is 7.17. The highest BCUT2D eigenvalue weighted by Crippen LogP contribution is 2.24. The minimum Gasteiger partial charge on any atom is -0.306 e. The molecular formula is C13H13NOS. The molecule has 0 spiro atoms. The van der Waals surface area contributed by atoms with Gasteiger partial charge in [0.05, 0.1) is 6.54 Å². The Hall–Kier alpha value is -1.45. The van der Waals surface area contributed by atoms with E-state index in [0.29, 0.717) is 13.1 Å². The molecule has 2 aromatic rings. The van der Waals surface area contributed by atoms with Gasteiger partial charge in [0, 0.05) is 16.8 Å². The van der Waals surface area contributed by atoms with Crippen molar-refractivity contribution in [2.75, 3.05) is 13.1 Å². The van der Waals surface area contributed by atoms with Gasteiger partial charge in [-0.05, 0) is 22.9 Å². The summed E-state index contributed by atoms with van der Waals surface area (Å²) in [6.45, 7) is 4.62. The summed E-state index contributed by atoms with van der Waals surface area (Å²) in [4.78, 5) is 11.9. The molecule has 2 rings (SSSR count). The zero-order valence-electron chi connectivity index (χ0n) is 8.90. The molecule has 3 heteroatoms. The van der Waals surface area contributed by atoms with Gasteiger partial charge in [0.15, 0.2) is 5.78 Å².